The van der Waals surface area contributed by atoms with E-state index in [-0.39, 0.29) is 11.8 Å². The molecule has 1 aromatic heterocycles. The van der Waals surface area contributed by atoms with Crippen LogP contribution in [0.1, 0.15) is 25.8 Å². The Morgan fingerprint density at radius 1 is 1.62 bits per heavy atom. The monoisotopic (exact) mass is 224 g/mol. The van der Waals surface area contributed by atoms with Gasteiger partial charge >= 0.3 is 0 Å². The van der Waals surface area contributed by atoms with Crippen molar-refractivity contribution in [1.29, 1.82) is 0 Å². The van der Waals surface area contributed by atoms with Crippen LogP contribution in [0.3, 0.4) is 0 Å². The first-order chi connectivity index (χ1) is 7.54. The average Bonchev–Trinajstić information content (AvgIpc) is 2.60. The molecule has 0 aliphatic heterocycles. The third kappa shape index (κ3) is 3.34. The standard InChI is InChI=1S/C11H20N4O/c1-7(2)4-9(5-12)11(16)14-10-8(3)6-13-15-10/h6-7,9H,4-5,12H2,1-3H3,(H2,13,14,15,16). The quantitative estimate of drug-likeness (QED) is 0.704. The second kappa shape index (κ2) is 5.65. The first-order valence-corrected chi connectivity index (χ1v) is 5.55. The Kier molecular flexibility index (Phi) is 4.49. The molecule has 1 amide bonds. The molecular formula is C11H20N4O. The Hall–Kier alpha value is -1.36. The Morgan fingerprint density at radius 2 is 2.31 bits per heavy atom. The number of carbonyl (C=O) groups is 1. The third-order valence-corrected chi connectivity index (χ3v) is 2.49. The number of hydrogen-bond acceptors (Lipinski definition) is 3. The summed E-state index contributed by atoms with van der Waals surface area (Å²) in [5.41, 5.74) is 6.53. The van der Waals surface area contributed by atoms with Crippen molar-refractivity contribution in [3.8, 4) is 0 Å². The highest BCUT2D eigenvalue weighted by atomic mass is 16.2. The first-order valence-electron chi connectivity index (χ1n) is 5.55. The van der Waals surface area contributed by atoms with Crippen molar-refractivity contribution in [2.75, 3.05) is 11.9 Å². The maximum Gasteiger partial charge on any atom is 0.229 e. The number of anilines is 1. The second-order valence-corrected chi connectivity index (χ2v) is 4.48. The van der Waals surface area contributed by atoms with E-state index in [1.807, 2.05) is 6.92 Å². The van der Waals surface area contributed by atoms with Crippen molar-refractivity contribution in [3.05, 3.63) is 11.8 Å². The van der Waals surface area contributed by atoms with Gasteiger partial charge in [-0.05, 0) is 19.3 Å². The minimum absolute atomic E-state index is 0.0384. The average molecular weight is 224 g/mol. The Morgan fingerprint density at radius 3 is 2.75 bits per heavy atom. The van der Waals surface area contributed by atoms with Crippen LogP contribution in [0, 0.1) is 18.8 Å². The highest BCUT2D eigenvalue weighted by Gasteiger charge is 2.19. The van der Waals surface area contributed by atoms with Gasteiger partial charge in [-0.2, -0.15) is 5.10 Å². The topological polar surface area (TPSA) is 83.8 Å². The SMILES string of the molecule is Cc1cn[nH]c1NC(=O)C(CN)CC(C)C. The molecule has 0 bridgehead atoms. The fraction of sp³-hybridized carbons (Fsp3) is 0.636. The first kappa shape index (κ1) is 12.7. The van der Waals surface area contributed by atoms with Gasteiger partial charge in [-0.25, -0.2) is 0 Å². The second-order valence-electron chi connectivity index (χ2n) is 4.48. The summed E-state index contributed by atoms with van der Waals surface area (Å²) in [7, 11) is 0. The molecule has 0 saturated carbocycles. The van der Waals surface area contributed by atoms with E-state index < -0.39 is 0 Å². The molecule has 1 rings (SSSR count). The molecule has 1 heterocycles. The summed E-state index contributed by atoms with van der Waals surface area (Å²) in [6.07, 6.45) is 2.48. The number of nitrogens with one attached hydrogen (secondary N) is 2. The minimum Gasteiger partial charge on any atom is -0.330 e. The Labute approximate surface area is 95.8 Å². The summed E-state index contributed by atoms with van der Waals surface area (Å²) >= 11 is 0. The number of aromatic amines is 1. The van der Waals surface area contributed by atoms with Crippen LogP contribution < -0.4 is 11.1 Å². The number of amides is 1. The van der Waals surface area contributed by atoms with Gasteiger partial charge in [-0.15, -0.1) is 0 Å². The summed E-state index contributed by atoms with van der Waals surface area (Å²) in [6.45, 7) is 6.42. The van der Waals surface area contributed by atoms with Crippen LogP contribution in [0.2, 0.25) is 0 Å². The van der Waals surface area contributed by atoms with E-state index in [1.54, 1.807) is 6.20 Å². The van der Waals surface area contributed by atoms with Crippen LogP contribution >= 0.6 is 0 Å². The van der Waals surface area contributed by atoms with Crippen LogP contribution in [-0.2, 0) is 4.79 Å². The van der Waals surface area contributed by atoms with E-state index in [1.165, 1.54) is 0 Å². The van der Waals surface area contributed by atoms with E-state index >= 15 is 0 Å². The number of carbonyl (C=O) groups excluding carboxylic acids is 1. The summed E-state index contributed by atoms with van der Waals surface area (Å²) < 4.78 is 0. The predicted molar refractivity (Wildman–Crippen MR) is 64.0 cm³/mol. The molecule has 0 aliphatic carbocycles. The van der Waals surface area contributed by atoms with Gasteiger partial charge in [0.2, 0.25) is 5.91 Å². The maximum absolute atomic E-state index is 11.9. The lowest BCUT2D eigenvalue weighted by atomic mass is 9.96. The summed E-state index contributed by atoms with van der Waals surface area (Å²) in [4.78, 5) is 11.9. The number of H-pyrrole nitrogens is 1. The molecule has 0 fully saturated rings. The molecule has 5 heteroatoms. The van der Waals surface area contributed by atoms with E-state index in [4.69, 9.17) is 5.73 Å². The molecule has 16 heavy (non-hydrogen) atoms. The van der Waals surface area contributed by atoms with E-state index in [2.05, 4.69) is 29.4 Å². The zero-order valence-electron chi connectivity index (χ0n) is 10.1. The Bertz CT molecular complexity index is 346. The summed E-state index contributed by atoms with van der Waals surface area (Å²) in [5.74, 6) is 0.945. The van der Waals surface area contributed by atoms with Crippen molar-refractivity contribution < 1.29 is 4.79 Å². The van der Waals surface area contributed by atoms with Crippen LogP contribution in [0.15, 0.2) is 6.20 Å². The molecule has 0 saturated heterocycles. The van der Waals surface area contributed by atoms with Gasteiger partial charge in [0, 0.05) is 12.1 Å². The van der Waals surface area contributed by atoms with Crippen LogP contribution in [0.5, 0.6) is 0 Å². The smallest absolute Gasteiger partial charge is 0.229 e. The highest BCUT2D eigenvalue weighted by Crippen LogP contribution is 2.14. The molecule has 5 nitrogen and oxygen atoms in total. The van der Waals surface area contributed by atoms with Crippen molar-refractivity contribution in [1.82, 2.24) is 10.2 Å². The number of aromatic nitrogens is 2. The van der Waals surface area contributed by atoms with Crippen molar-refractivity contribution in [2.45, 2.75) is 27.2 Å². The lowest BCUT2D eigenvalue weighted by Gasteiger charge is -2.16. The molecule has 0 aliphatic rings. The molecule has 0 aromatic carbocycles. The molecule has 4 N–H and O–H groups in total. The Balaban J connectivity index is 2.59. The van der Waals surface area contributed by atoms with E-state index in [0.717, 1.165) is 12.0 Å². The minimum atomic E-state index is -0.136. The van der Waals surface area contributed by atoms with Crippen LogP contribution in [0.25, 0.3) is 0 Å². The lowest BCUT2D eigenvalue weighted by molar-refractivity contribution is -0.120. The molecule has 90 valence electrons. The molecule has 1 atom stereocenters. The van der Waals surface area contributed by atoms with Crippen molar-refractivity contribution in [3.63, 3.8) is 0 Å². The number of rotatable bonds is 5. The molecular weight excluding hydrogens is 204 g/mol. The van der Waals surface area contributed by atoms with Gasteiger partial charge in [0.25, 0.3) is 0 Å². The fourth-order valence-electron chi connectivity index (χ4n) is 1.58. The van der Waals surface area contributed by atoms with Gasteiger partial charge in [0.15, 0.2) is 0 Å². The van der Waals surface area contributed by atoms with Gasteiger partial charge < -0.3 is 11.1 Å². The third-order valence-electron chi connectivity index (χ3n) is 2.49. The lowest BCUT2D eigenvalue weighted by Crippen LogP contribution is -2.30. The maximum atomic E-state index is 11.9. The largest absolute Gasteiger partial charge is 0.330 e. The zero-order valence-corrected chi connectivity index (χ0v) is 10.1. The molecule has 1 unspecified atom stereocenters. The van der Waals surface area contributed by atoms with E-state index in [0.29, 0.717) is 18.3 Å². The normalized spacial score (nSPS) is 12.8. The molecule has 1 aromatic rings. The van der Waals surface area contributed by atoms with Gasteiger partial charge in [0.05, 0.1) is 12.1 Å². The fourth-order valence-corrected chi connectivity index (χ4v) is 1.58. The zero-order chi connectivity index (χ0) is 12.1. The van der Waals surface area contributed by atoms with E-state index in [9.17, 15) is 4.79 Å². The van der Waals surface area contributed by atoms with Crippen LogP contribution in [-0.4, -0.2) is 22.6 Å². The van der Waals surface area contributed by atoms with Crippen LogP contribution in [0.4, 0.5) is 5.82 Å². The van der Waals surface area contributed by atoms with Crippen molar-refractivity contribution >= 4 is 11.7 Å². The number of nitrogens with two attached hydrogens (primary N) is 1. The highest BCUT2D eigenvalue weighted by molar-refractivity contribution is 5.92. The summed E-state index contributed by atoms with van der Waals surface area (Å²) in [6, 6.07) is 0. The predicted octanol–water partition coefficient (Wildman–Crippen LogP) is 1.28. The van der Waals surface area contributed by atoms with Gasteiger partial charge in [-0.1, -0.05) is 13.8 Å². The molecule has 0 radical (unpaired) electrons. The van der Waals surface area contributed by atoms with Crippen molar-refractivity contribution in [2.24, 2.45) is 17.6 Å². The number of aryl methyl sites for hydroxylation is 1. The van der Waals surface area contributed by atoms with Gasteiger partial charge in [-0.3, -0.25) is 9.89 Å². The van der Waals surface area contributed by atoms with Gasteiger partial charge in [0.1, 0.15) is 5.82 Å². The number of hydrogen-bond donors (Lipinski definition) is 3. The molecule has 0 spiro atoms. The number of nitrogens with zero attached hydrogens (tertiary/aromatic N) is 1. The summed E-state index contributed by atoms with van der Waals surface area (Å²) in [5, 5.41) is 9.41.